The van der Waals surface area contributed by atoms with Crippen LogP contribution in [0.25, 0.3) is 0 Å². The summed E-state index contributed by atoms with van der Waals surface area (Å²) in [7, 11) is 0. The van der Waals surface area contributed by atoms with Crippen LogP contribution < -0.4 is 0 Å². The fourth-order valence-electron chi connectivity index (χ4n) is 0.304. The van der Waals surface area contributed by atoms with Crippen molar-refractivity contribution in [3.8, 4) is 0 Å². The Balaban J connectivity index is 2.86. The molecule has 1 rings (SSSR count). The van der Waals surface area contributed by atoms with E-state index in [-0.39, 0.29) is 0 Å². The Morgan fingerprint density at radius 2 is 1.71 bits per heavy atom. The Hall–Kier alpha value is -1.10. The highest BCUT2D eigenvalue weighted by molar-refractivity contribution is 5.59. The first-order valence-corrected chi connectivity index (χ1v) is 2.04. The molecular weight excluding hydrogens is 88.1 g/mol. The molecule has 0 saturated heterocycles. The Morgan fingerprint density at radius 3 is 2.29 bits per heavy atom. The van der Waals surface area contributed by atoms with Crippen LogP contribution in [0.2, 0.25) is 0 Å². The Morgan fingerprint density at radius 1 is 1.14 bits per heavy atom. The van der Waals surface area contributed by atoms with Crippen LogP contribution in [0.5, 0.6) is 0 Å². The lowest BCUT2D eigenvalue weighted by atomic mass is 10.4. The average molecular weight is 92.1 g/mol. The molecule has 1 heterocycles. The molecule has 0 fully saturated rings. The zero-order valence-electron chi connectivity index (χ0n) is 3.76. The van der Waals surface area contributed by atoms with Crippen LogP contribution in [0.3, 0.4) is 0 Å². The predicted molar refractivity (Wildman–Crippen MR) is 28.6 cm³/mol. The van der Waals surface area contributed by atoms with Gasteiger partial charge in [0.25, 0.3) is 0 Å². The molecule has 2 heteroatoms. The molecule has 0 saturated carbocycles. The quantitative estimate of drug-likeness (QED) is 0.421. The first-order chi connectivity index (χ1) is 3.50. The van der Waals surface area contributed by atoms with Crippen LogP contribution in [-0.2, 0) is 0 Å². The van der Waals surface area contributed by atoms with Gasteiger partial charge in [-0.3, -0.25) is 0 Å². The molecule has 0 bridgehead atoms. The maximum absolute atomic E-state index is 3.45. The van der Waals surface area contributed by atoms with Gasteiger partial charge in [0.2, 0.25) is 0 Å². The second kappa shape index (κ2) is 2.14. The van der Waals surface area contributed by atoms with E-state index >= 15 is 0 Å². The highest BCUT2D eigenvalue weighted by Gasteiger charge is 1.68. The lowest BCUT2D eigenvalue weighted by Crippen LogP contribution is -1.52. The van der Waals surface area contributed by atoms with Crippen molar-refractivity contribution in [1.29, 1.82) is 0 Å². The summed E-state index contributed by atoms with van der Waals surface area (Å²) in [5.74, 6) is 5.17. The zero-order valence-corrected chi connectivity index (χ0v) is 3.76. The molecule has 0 amide bonds. The molecule has 0 aromatic carbocycles. The molecule has 34 valence electrons. The Labute approximate surface area is 41.6 Å². The van der Waals surface area contributed by atoms with E-state index in [0.717, 1.165) is 6.42 Å². The van der Waals surface area contributed by atoms with Crippen LogP contribution in [0.15, 0.2) is 22.4 Å². The van der Waals surface area contributed by atoms with Gasteiger partial charge in [-0.25, -0.2) is 0 Å². The van der Waals surface area contributed by atoms with Gasteiger partial charge in [-0.2, -0.15) is 0 Å². The standard InChI is InChI=1S/C5H4N2/c1-2-4-6-7-5-3-1/h2-3H,1H2. The maximum Gasteiger partial charge on any atom is 0.00738 e. The summed E-state index contributed by atoms with van der Waals surface area (Å²) in [6.45, 7) is 0. The first-order valence-electron chi connectivity index (χ1n) is 2.04. The van der Waals surface area contributed by atoms with Crippen molar-refractivity contribution < 1.29 is 0 Å². The van der Waals surface area contributed by atoms with Gasteiger partial charge in [0.05, 0.1) is 0 Å². The molecule has 0 atom stereocenters. The van der Waals surface area contributed by atoms with E-state index in [9.17, 15) is 0 Å². The lowest BCUT2D eigenvalue weighted by molar-refractivity contribution is 1.29. The van der Waals surface area contributed by atoms with Crippen LogP contribution in [-0.4, -0.2) is 11.7 Å². The van der Waals surface area contributed by atoms with E-state index < -0.39 is 0 Å². The highest BCUT2D eigenvalue weighted by atomic mass is 15.2. The van der Waals surface area contributed by atoms with Crippen LogP contribution in [0.1, 0.15) is 6.42 Å². The van der Waals surface area contributed by atoms with Crippen molar-refractivity contribution in [3.63, 3.8) is 0 Å². The molecule has 2 nitrogen and oxygen atoms in total. The Kier molecular flexibility index (Phi) is 1.24. The predicted octanol–water partition coefficient (Wildman–Crippen LogP) is 0.757. The third-order valence-corrected chi connectivity index (χ3v) is 0.584. The normalized spacial score (nSPS) is 14.9. The van der Waals surface area contributed by atoms with Gasteiger partial charge < -0.3 is 0 Å². The number of hydrogen-bond acceptors (Lipinski definition) is 2. The summed E-state index contributed by atoms with van der Waals surface area (Å²) in [6, 6.07) is 0. The van der Waals surface area contributed by atoms with E-state index in [1.165, 1.54) is 0 Å². The third kappa shape index (κ3) is 1.18. The largest absolute Gasteiger partial charge is 0.0972 e. The molecule has 0 aromatic heterocycles. The summed E-state index contributed by atoms with van der Waals surface area (Å²) in [4.78, 5) is 0. The molecule has 0 radical (unpaired) electrons. The number of rotatable bonds is 0. The van der Waals surface area contributed by atoms with Gasteiger partial charge in [0, 0.05) is 18.2 Å². The molecule has 1 aliphatic rings. The van der Waals surface area contributed by atoms with Crippen molar-refractivity contribution in [2.75, 3.05) is 0 Å². The second-order valence-corrected chi connectivity index (χ2v) is 1.10. The molecule has 1 aliphatic heterocycles. The molecule has 0 aromatic rings. The van der Waals surface area contributed by atoms with Crippen molar-refractivity contribution in [2.45, 2.75) is 6.42 Å². The third-order valence-electron chi connectivity index (χ3n) is 0.584. The maximum atomic E-state index is 3.45. The zero-order chi connectivity index (χ0) is 4.95. The fraction of sp³-hybridized carbons (Fsp3) is 0.200. The van der Waals surface area contributed by atoms with Crippen LogP contribution in [0, 0.1) is 0 Å². The van der Waals surface area contributed by atoms with E-state index in [1.807, 2.05) is 0 Å². The van der Waals surface area contributed by atoms with Gasteiger partial charge in [-0.05, 0) is 12.2 Å². The van der Waals surface area contributed by atoms with Gasteiger partial charge in [0.15, 0.2) is 0 Å². The van der Waals surface area contributed by atoms with Crippen molar-refractivity contribution in [2.24, 2.45) is 10.2 Å². The minimum absolute atomic E-state index is 0.840. The van der Waals surface area contributed by atoms with Gasteiger partial charge in [-0.1, -0.05) is 10.2 Å². The van der Waals surface area contributed by atoms with Gasteiger partial charge in [-0.15, -0.1) is 0 Å². The monoisotopic (exact) mass is 92.0 g/mol. The van der Waals surface area contributed by atoms with Crippen molar-refractivity contribution in [3.05, 3.63) is 12.2 Å². The minimum atomic E-state index is 0.840. The number of hydrogen-bond donors (Lipinski definition) is 0. The first kappa shape index (κ1) is 4.07. The number of nitrogens with zero attached hydrogens (tertiary/aromatic N) is 2. The molecule has 0 N–H and O–H groups in total. The minimum Gasteiger partial charge on any atom is -0.0972 e. The summed E-state index contributed by atoms with van der Waals surface area (Å²) in [5, 5.41) is 6.90. The highest BCUT2D eigenvalue weighted by Crippen LogP contribution is 1.79. The van der Waals surface area contributed by atoms with Crippen LogP contribution in [0.4, 0.5) is 0 Å². The molecule has 0 aliphatic carbocycles. The summed E-state index contributed by atoms with van der Waals surface area (Å²) in [6.07, 6.45) is 4.43. The summed E-state index contributed by atoms with van der Waals surface area (Å²) < 4.78 is 0. The second-order valence-electron chi connectivity index (χ2n) is 1.10. The van der Waals surface area contributed by atoms with E-state index in [1.54, 1.807) is 12.2 Å². The van der Waals surface area contributed by atoms with E-state index in [0.29, 0.717) is 0 Å². The molecule has 0 unspecified atom stereocenters. The molecule has 0 spiro atoms. The lowest BCUT2D eigenvalue weighted by Gasteiger charge is -1.61. The van der Waals surface area contributed by atoms with Crippen molar-refractivity contribution in [1.82, 2.24) is 0 Å². The SMILES string of the molecule is C1=CCC=C=NN=1. The van der Waals surface area contributed by atoms with E-state index in [2.05, 4.69) is 21.9 Å². The number of allylic oxidation sites excluding steroid dienone is 2. The fourth-order valence-corrected chi connectivity index (χ4v) is 0.304. The smallest absolute Gasteiger partial charge is 0.00738 e. The summed E-state index contributed by atoms with van der Waals surface area (Å²) >= 11 is 0. The van der Waals surface area contributed by atoms with Gasteiger partial charge >= 0.3 is 0 Å². The Bertz CT molecular complexity index is 147. The topological polar surface area (TPSA) is 24.7 Å². The molecule has 7 heavy (non-hydrogen) atoms. The van der Waals surface area contributed by atoms with Gasteiger partial charge in [0.1, 0.15) is 0 Å². The van der Waals surface area contributed by atoms with Crippen molar-refractivity contribution >= 4 is 11.7 Å². The average Bonchev–Trinajstić information content (AvgIpc) is 1.90. The molecular formula is C5H4N2. The van der Waals surface area contributed by atoms with Crippen LogP contribution >= 0.6 is 0 Å². The summed E-state index contributed by atoms with van der Waals surface area (Å²) in [5.41, 5.74) is 0. The van der Waals surface area contributed by atoms with E-state index in [4.69, 9.17) is 0 Å².